The lowest BCUT2D eigenvalue weighted by molar-refractivity contribution is -0.148. The second-order valence-electron chi connectivity index (χ2n) is 5.93. The zero-order valence-corrected chi connectivity index (χ0v) is 13.7. The molecule has 5 nitrogen and oxygen atoms in total. The summed E-state index contributed by atoms with van der Waals surface area (Å²) in [6, 6.07) is 7.32. The molecule has 0 radical (unpaired) electrons. The Balaban J connectivity index is 1.76. The number of aryl methyl sites for hydroxylation is 1. The van der Waals surface area contributed by atoms with E-state index in [1.54, 1.807) is 0 Å². The molecule has 1 amide bonds. The van der Waals surface area contributed by atoms with Crippen molar-refractivity contribution in [3.63, 3.8) is 0 Å². The van der Waals surface area contributed by atoms with Gasteiger partial charge in [-0.25, -0.2) is 4.79 Å². The van der Waals surface area contributed by atoms with E-state index in [-0.39, 0.29) is 5.91 Å². The van der Waals surface area contributed by atoms with E-state index < -0.39 is 12.0 Å². The van der Waals surface area contributed by atoms with Gasteiger partial charge in [0.25, 0.3) is 0 Å². The highest BCUT2D eigenvalue weighted by Crippen LogP contribution is 2.20. The smallest absolute Gasteiger partial charge is 0.326 e. The Morgan fingerprint density at radius 3 is 2.70 bits per heavy atom. The van der Waals surface area contributed by atoms with Crippen LogP contribution in [0.15, 0.2) is 24.3 Å². The molecule has 1 N–H and O–H groups in total. The fraction of sp³-hybridized carbons (Fsp3) is 0.556. The number of nitrogens with zero attached hydrogens (tertiary/aromatic N) is 1. The second kappa shape index (κ2) is 8.56. The molecule has 1 aromatic rings. The molecule has 1 heterocycles. The molecule has 1 atom stereocenters. The van der Waals surface area contributed by atoms with Crippen molar-refractivity contribution in [3.05, 3.63) is 29.8 Å². The van der Waals surface area contributed by atoms with Gasteiger partial charge in [-0.1, -0.05) is 19.1 Å². The van der Waals surface area contributed by atoms with E-state index in [1.165, 1.54) is 4.90 Å². The van der Waals surface area contributed by atoms with Crippen molar-refractivity contribution >= 4 is 11.9 Å². The van der Waals surface area contributed by atoms with Crippen LogP contribution in [0.1, 0.15) is 44.6 Å². The minimum atomic E-state index is -0.890. The monoisotopic (exact) mass is 319 g/mol. The number of carbonyl (C=O) groups excluding carboxylic acids is 1. The minimum Gasteiger partial charge on any atom is -0.494 e. The molecule has 0 aliphatic carbocycles. The first-order chi connectivity index (χ1) is 11.1. The van der Waals surface area contributed by atoms with E-state index in [4.69, 9.17) is 9.84 Å². The Morgan fingerprint density at radius 2 is 2.04 bits per heavy atom. The van der Waals surface area contributed by atoms with Crippen LogP contribution in [0.3, 0.4) is 0 Å². The Labute approximate surface area is 137 Å². The number of hydrogen-bond acceptors (Lipinski definition) is 3. The number of carboxylic acids is 1. The summed E-state index contributed by atoms with van der Waals surface area (Å²) in [5.74, 6) is -0.0654. The molecule has 0 spiro atoms. The first-order valence-electron chi connectivity index (χ1n) is 8.36. The number of carbonyl (C=O) groups is 2. The summed E-state index contributed by atoms with van der Waals surface area (Å²) >= 11 is 0. The van der Waals surface area contributed by atoms with Gasteiger partial charge in [-0.3, -0.25) is 4.79 Å². The predicted molar refractivity (Wildman–Crippen MR) is 87.5 cm³/mol. The number of ether oxygens (including phenoxy) is 1. The van der Waals surface area contributed by atoms with Crippen molar-refractivity contribution in [2.24, 2.45) is 0 Å². The summed E-state index contributed by atoms with van der Waals surface area (Å²) in [4.78, 5) is 24.8. The fourth-order valence-electron chi connectivity index (χ4n) is 2.88. The van der Waals surface area contributed by atoms with Gasteiger partial charge in [0.05, 0.1) is 6.61 Å². The summed E-state index contributed by atoms with van der Waals surface area (Å²) in [5.41, 5.74) is 1.16. The van der Waals surface area contributed by atoms with Gasteiger partial charge in [-0.2, -0.15) is 0 Å². The van der Waals surface area contributed by atoms with Crippen LogP contribution in [0, 0.1) is 0 Å². The molecule has 1 aliphatic rings. The molecule has 23 heavy (non-hydrogen) atoms. The summed E-state index contributed by atoms with van der Waals surface area (Å²) in [7, 11) is 0. The topological polar surface area (TPSA) is 66.8 Å². The minimum absolute atomic E-state index is 0.0437. The van der Waals surface area contributed by atoms with E-state index in [0.717, 1.165) is 37.0 Å². The van der Waals surface area contributed by atoms with Gasteiger partial charge in [0.15, 0.2) is 0 Å². The second-order valence-corrected chi connectivity index (χ2v) is 5.93. The molecule has 1 unspecified atom stereocenters. The zero-order valence-electron chi connectivity index (χ0n) is 13.7. The van der Waals surface area contributed by atoms with Crippen molar-refractivity contribution in [2.75, 3.05) is 13.2 Å². The van der Waals surface area contributed by atoms with Crippen LogP contribution in [0.4, 0.5) is 0 Å². The maximum absolute atomic E-state index is 12.2. The number of amides is 1. The van der Waals surface area contributed by atoms with Gasteiger partial charge in [-0.15, -0.1) is 0 Å². The molecule has 0 aromatic heterocycles. The summed E-state index contributed by atoms with van der Waals surface area (Å²) in [5, 5.41) is 9.12. The molecular weight excluding hydrogens is 294 g/mol. The fourth-order valence-corrected chi connectivity index (χ4v) is 2.88. The Bertz CT molecular complexity index is 526. The highest BCUT2D eigenvalue weighted by atomic mass is 16.5. The van der Waals surface area contributed by atoms with Crippen LogP contribution in [-0.2, 0) is 16.0 Å². The summed E-state index contributed by atoms with van der Waals surface area (Å²) < 4.78 is 5.54. The van der Waals surface area contributed by atoms with Crippen LogP contribution in [-0.4, -0.2) is 41.1 Å². The lowest BCUT2D eigenvalue weighted by atomic mass is 10.1. The number of carboxylic acid groups (broad SMARTS) is 1. The number of rotatable bonds is 8. The number of benzene rings is 1. The Kier molecular flexibility index (Phi) is 6.44. The van der Waals surface area contributed by atoms with Gasteiger partial charge in [0.2, 0.25) is 5.91 Å². The molecule has 126 valence electrons. The number of hydrogen-bond donors (Lipinski definition) is 1. The van der Waals surface area contributed by atoms with Gasteiger partial charge in [0, 0.05) is 13.0 Å². The van der Waals surface area contributed by atoms with Gasteiger partial charge in [0.1, 0.15) is 11.8 Å². The van der Waals surface area contributed by atoms with Gasteiger partial charge < -0.3 is 14.7 Å². The molecule has 1 aliphatic heterocycles. The average molecular weight is 319 g/mol. The Hall–Kier alpha value is -2.04. The van der Waals surface area contributed by atoms with Crippen molar-refractivity contribution < 1.29 is 19.4 Å². The number of likely N-dealkylation sites (tertiary alicyclic amines) is 1. The normalized spacial score (nSPS) is 17.3. The van der Waals surface area contributed by atoms with E-state index in [1.807, 2.05) is 24.3 Å². The van der Waals surface area contributed by atoms with E-state index in [0.29, 0.717) is 26.0 Å². The molecule has 1 aromatic carbocycles. The highest BCUT2D eigenvalue weighted by Gasteiger charge is 2.33. The lowest BCUT2D eigenvalue weighted by Crippen LogP contribution is -2.40. The van der Waals surface area contributed by atoms with Crippen LogP contribution >= 0.6 is 0 Å². The first kappa shape index (κ1) is 17.3. The van der Waals surface area contributed by atoms with Crippen LogP contribution < -0.4 is 4.74 Å². The Morgan fingerprint density at radius 1 is 1.30 bits per heavy atom. The summed E-state index contributed by atoms with van der Waals surface area (Å²) in [6.07, 6.45) is 4.28. The third-order valence-electron chi connectivity index (χ3n) is 4.11. The van der Waals surface area contributed by atoms with Crippen molar-refractivity contribution in [1.29, 1.82) is 0 Å². The average Bonchev–Trinajstić information content (AvgIpc) is 3.04. The lowest BCUT2D eigenvalue weighted by Gasteiger charge is -2.21. The SMILES string of the molecule is CCCOc1ccc(CCCC(=O)N2CCCC2C(=O)O)cc1. The van der Waals surface area contributed by atoms with Crippen LogP contribution in [0.25, 0.3) is 0 Å². The first-order valence-corrected chi connectivity index (χ1v) is 8.36. The van der Waals surface area contributed by atoms with Crippen molar-refractivity contribution in [1.82, 2.24) is 4.90 Å². The molecule has 0 bridgehead atoms. The van der Waals surface area contributed by atoms with Gasteiger partial charge in [-0.05, 0) is 49.8 Å². The van der Waals surface area contributed by atoms with E-state index in [9.17, 15) is 9.59 Å². The maximum atomic E-state index is 12.2. The number of aliphatic carboxylic acids is 1. The molecule has 2 rings (SSSR count). The van der Waals surface area contributed by atoms with Crippen molar-refractivity contribution in [2.45, 2.75) is 51.5 Å². The molecular formula is C18H25NO4. The van der Waals surface area contributed by atoms with Crippen LogP contribution in [0.5, 0.6) is 5.75 Å². The third kappa shape index (κ3) is 4.98. The van der Waals surface area contributed by atoms with E-state index >= 15 is 0 Å². The van der Waals surface area contributed by atoms with Crippen molar-refractivity contribution in [3.8, 4) is 5.75 Å². The molecule has 0 saturated carbocycles. The third-order valence-corrected chi connectivity index (χ3v) is 4.11. The van der Waals surface area contributed by atoms with Crippen LogP contribution in [0.2, 0.25) is 0 Å². The van der Waals surface area contributed by atoms with E-state index in [2.05, 4.69) is 6.92 Å². The largest absolute Gasteiger partial charge is 0.494 e. The quantitative estimate of drug-likeness (QED) is 0.800. The predicted octanol–water partition coefficient (Wildman–Crippen LogP) is 2.87. The highest BCUT2D eigenvalue weighted by molar-refractivity contribution is 5.84. The zero-order chi connectivity index (χ0) is 16.7. The summed E-state index contributed by atoms with van der Waals surface area (Å²) in [6.45, 7) is 3.36. The van der Waals surface area contributed by atoms with Gasteiger partial charge >= 0.3 is 5.97 Å². The maximum Gasteiger partial charge on any atom is 0.326 e. The molecule has 1 saturated heterocycles. The molecule has 5 heteroatoms. The standard InChI is InChI=1S/C18H25NO4/c1-2-13-23-15-10-8-14(9-11-15)5-3-7-17(20)19-12-4-6-16(19)18(21)22/h8-11,16H,2-7,12-13H2,1H3,(H,21,22). The molecule has 1 fully saturated rings.